The molecule has 404 valence electrons. The zero-order valence-corrected chi connectivity index (χ0v) is 56.9. The Labute approximate surface area is 497 Å². The van der Waals surface area contributed by atoms with Crippen molar-refractivity contribution in [2.75, 3.05) is 38.0 Å². The Morgan fingerprint density at radius 1 is 0.520 bits per heavy atom. The lowest BCUT2D eigenvalue weighted by molar-refractivity contribution is 0.0987. The molecule has 8 rings (SSSR count). The highest BCUT2D eigenvalue weighted by Gasteiger charge is 2.37. The van der Waals surface area contributed by atoms with E-state index in [4.69, 9.17) is 26.8 Å². The first-order valence-electron chi connectivity index (χ1n) is 22.8. The number of hydrogen-bond acceptors (Lipinski definition) is 8. The zero-order chi connectivity index (χ0) is 53.4. The van der Waals surface area contributed by atoms with Gasteiger partial charge in [-0.05, 0) is 110 Å². The largest absolute Gasteiger partial charge is 0.413 e. The summed E-state index contributed by atoms with van der Waals surface area (Å²) >= 11 is 9.48. The highest BCUT2D eigenvalue weighted by molar-refractivity contribution is 8.77. The SMILES string of the molecule is C.CN(C)c1ccc2cc3c(c(-c4ccc(CO)cc4)c2c1)C(=O)CC3.CN(C)c1ccc2cc3c(c(-c4ccc(CO[Si](C)(C)C(C)(C)C)cc4)c2c1)C(=O)CC3.S=S=S=S=S=S=S=S=S=S=S=S=S=S=S=S=S. The van der Waals surface area contributed by atoms with Crippen LogP contribution in [-0.2, 0) is 186 Å². The molecule has 0 bridgehead atoms. The van der Waals surface area contributed by atoms with E-state index in [1.165, 1.54) is 39.7 Å². The molecule has 0 unspecified atom stereocenters. The Morgan fingerprint density at radius 2 is 0.880 bits per heavy atom. The number of nitrogens with zero attached hydrogens (tertiary/aromatic N) is 2. The smallest absolute Gasteiger partial charge is 0.192 e. The lowest BCUT2D eigenvalue weighted by Crippen LogP contribution is -2.40. The second kappa shape index (κ2) is 31.6. The molecule has 75 heavy (non-hydrogen) atoms. The second-order valence-electron chi connectivity index (χ2n) is 18.6. The molecule has 6 nitrogen and oxygen atoms in total. The zero-order valence-electron chi connectivity index (χ0n) is 42.0. The molecule has 6 aromatic rings. The van der Waals surface area contributed by atoms with Gasteiger partial charge in [0.1, 0.15) is 0 Å². The predicted molar refractivity (Wildman–Crippen MR) is 373 cm³/mol. The van der Waals surface area contributed by atoms with E-state index in [1.54, 1.807) is 115 Å². The van der Waals surface area contributed by atoms with Gasteiger partial charge >= 0.3 is 0 Å². The quantitative estimate of drug-likeness (QED) is 0.151. The highest BCUT2D eigenvalue weighted by Crippen LogP contribution is 2.42. The van der Waals surface area contributed by atoms with E-state index in [-0.39, 0.29) is 30.6 Å². The molecule has 0 atom stereocenters. The predicted octanol–water partition coefficient (Wildman–Crippen LogP) is 12.0. The molecule has 0 heterocycles. The van der Waals surface area contributed by atoms with Gasteiger partial charge < -0.3 is 19.3 Å². The van der Waals surface area contributed by atoms with E-state index < -0.39 is 8.32 Å². The van der Waals surface area contributed by atoms with Crippen LogP contribution >= 0.6 is 0 Å². The van der Waals surface area contributed by atoms with Crippen LogP contribution in [0.5, 0.6) is 0 Å². The molecule has 0 aliphatic heterocycles. The van der Waals surface area contributed by atoms with Crippen molar-refractivity contribution in [1.82, 2.24) is 0 Å². The van der Waals surface area contributed by atoms with E-state index in [9.17, 15) is 14.7 Å². The number of carbonyl (C=O) groups is 2. The summed E-state index contributed by atoms with van der Waals surface area (Å²) in [5.41, 5.74) is 12.7. The van der Waals surface area contributed by atoms with Crippen LogP contribution in [0.25, 0.3) is 43.8 Å². The van der Waals surface area contributed by atoms with Crippen molar-refractivity contribution in [1.29, 1.82) is 0 Å². The van der Waals surface area contributed by atoms with Gasteiger partial charge in [-0.2, -0.15) is 0 Å². The van der Waals surface area contributed by atoms with Crippen molar-refractivity contribution < 1.29 is 19.1 Å². The Balaban J connectivity index is 0.000000217. The summed E-state index contributed by atoms with van der Waals surface area (Å²) in [6, 6.07) is 33.8. The van der Waals surface area contributed by atoms with Crippen molar-refractivity contribution in [2.45, 2.75) is 85.2 Å². The summed E-state index contributed by atoms with van der Waals surface area (Å²) in [6.45, 7) is 12.0. The molecule has 0 radical (unpaired) electrons. The van der Waals surface area contributed by atoms with E-state index in [2.05, 4.69) is 131 Å². The summed E-state index contributed by atoms with van der Waals surface area (Å²) in [5.74, 6) is 0.492. The average Bonchev–Trinajstić information content (AvgIpc) is 3.95. The van der Waals surface area contributed by atoms with Crippen molar-refractivity contribution in [3.63, 3.8) is 0 Å². The summed E-state index contributed by atoms with van der Waals surface area (Å²) in [6.07, 6.45) is 2.86. The molecule has 0 fully saturated rings. The maximum atomic E-state index is 12.9. The minimum atomic E-state index is -1.79. The number of anilines is 2. The third-order valence-corrected chi connectivity index (χ3v) is 48.3. The molecule has 2 aliphatic carbocycles. The third kappa shape index (κ3) is 18.1. The molecule has 2 aliphatic rings. The highest BCUT2D eigenvalue weighted by atomic mass is 33.5. The van der Waals surface area contributed by atoms with Crippen molar-refractivity contribution in [2.24, 2.45) is 0 Å². The molecule has 0 saturated heterocycles. The van der Waals surface area contributed by atoms with Crippen LogP contribution in [0.15, 0.2) is 97.1 Å². The number of benzene rings is 6. The van der Waals surface area contributed by atoms with Crippen LogP contribution in [0.2, 0.25) is 18.1 Å². The second-order valence-corrected chi connectivity index (χ2v) is 50.0. The Hall–Kier alpha value is -1.34. The van der Waals surface area contributed by atoms with Gasteiger partial charge in [0.2, 0.25) is 0 Å². The van der Waals surface area contributed by atoms with Crippen LogP contribution in [-0.4, -0.2) is 53.2 Å². The summed E-state index contributed by atoms with van der Waals surface area (Å²) in [7, 11) is 31.7. The minimum Gasteiger partial charge on any atom is -0.413 e. The van der Waals surface area contributed by atoms with E-state index in [1.807, 2.05) is 38.4 Å². The monoisotopic (exact) mass is 1340 g/mol. The molecular weight excluding hydrogens is 1280 g/mol. The molecule has 1 N–H and O–H groups in total. The standard InChI is InChI=1S/C28H35NO2Si.C22H21NO2.CH4.S17/c1-28(2,3)32(6,7)31-18-19-8-10-20(11-9-19)26-24-17-23(29(4)5)14-12-21(24)16-22-13-15-25(30)27(22)26;1-23(2)18-9-7-16-11-17-8-10-20(25)22(17)21(19(16)12-18)15-5-3-14(13-24)4-6-15;;1-3-5-7-9-11-13-15-17-16-14-12-10-8-6-4-2/h8-12,14,16-17H,13,15,18H2,1-7H3;3-7,9,11-12,24H,8,10,13H2,1-2H3;1H4;. The van der Waals surface area contributed by atoms with Crippen LogP contribution in [0.3, 0.4) is 0 Å². The Morgan fingerprint density at radius 3 is 1.21 bits per heavy atom. The number of fused-ring (bicyclic) bond motifs is 4. The van der Waals surface area contributed by atoms with Gasteiger partial charge in [-0.3, -0.25) is 9.59 Å². The summed E-state index contributed by atoms with van der Waals surface area (Å²) in [4.78, 5) is 29.7. The van der Waals surface area contributed by atoms with E-state index in [0.717, 1.165) is 79.5 Å². The topological polar surface area (TPSA) is 70.1 Å². The van der Waals surface area contributed by atoms with Crippen LogP contribution in [0.4, 0.5) is 11.4 Å². The number of rotatable bonds is 8. The van der Waals surface area contributed by atoms with Crippen LogP contribution in [0, 0.1) is 0 Å². The molecule has 0 saturated carbocycles. The number of aliphatic hydroxyl groups excluding tert-OH is 1. The first-order valence-corrected chi connectivity index (χ1v) is 47.0. The number of hydrogen-bond donors (Lipinski definition) is 1. The number of ketones is 2. The summed E-state index contributed by atoms with van der Waals surface area (Å²) in [5, 5.41) is 14.1. The maximum Gasteiger partial charge on any atom is 0.192 e. The maximum absolute atomic E-state index is 12.9. The Kier molecular flexibility index (Phi) is 27.2. The van der Waals surface area contributed by atoms with Crippen LogP contribution < -0.4 is 9.80 Å². The van der Waals surface area contributed by atoms with Gasteiger partial charge in [-0.1, -0.05) is 101 Å². The van der Waals surface area contributed by atoms with Crippen molar-refractivity contribution in [3.05, 3.63) is 130 Å². The van der Waals surface area contributed by atoms with Gasteiger partial charge in [0.15, 0.2) is 19.9 Å². The van der Waals surface area contributed by atoms with E-state index >= 15 is 0 Å². The van der Waals surface area contributed by atoms with Gasteiger partial charge in [0, 0.05) is 230 Å². The van der Waals surface area contributed by atoms with Gasteiger partial charge in [-0.25, -0.2) is 0 Å². The normalized spacial score (nSPS) is 12.1. The average molecular weight is 1340 g/mol. The van der Waals surface area contributed by atoms with Gasteiger partial charge in [0.25, 0.3) is 0 Å². The third-order valence-electron chi connectivity index (χ3n) is 12.7. The first kappa shape index (κ1) is 64.5. The van der Waals surface area contributed by atoms with Gasteiger partial charge in [-0.15, -0.1) is 0 Å². The van der Waals surface area contributed by atoms with Crippen LogP contribution in [0.1, 0.15) is 84.0 Å². The molecule has 0 aromatic heterocycles. The van der Waals surface area contributed by atoms with Crippen molar-refractivity contribution in [3.8, 4) is 22.3 Å². The molecule has 24 heteroatoms. The number of aryl methyl sites for hydroxylation is 2. The lowest BCUT2D eigenvalue weighted by Gasteiger charge is -2.36. The molecule has 0 amide bonds. The Bertz CT molecular complexity index is 3750. The molecular formula is C51H60N2O4S17Si. The van der Waals surface area contributed by atoms with Crippen molar-refractivity contribution >= 4 is 208 Å². The fourth-order valence-electron chi connectivity index (χ4n) is 7.99. The van der Waals surface area contributed by atoms with Gasteiger partial charge in [0.05, 0.1) is 13.2 Å². The number of Topliss-reactive ketones (excluding diaryl/α,β-unsaturated/α-hetero) is 2. The first-order chi connectivity index (χ1) is 35.5. The number of aliphatic hydroxyl groups is 1. The fraction of sp³-hybridized carbons (Fsp3) is 0.333. The summed E-state index contributed by atoms with van der Waals surface area (Å²) < 4.78 is 6.41. The van der Waals surface area contributed by atoms with E-state index in [0.29, 0.717) is 19.4 Å². The minimum absolute atomic E-state index is 0. The molecule has 0 spiro atoms. The molecule has 6 aromatic carbocycles. The fourth-order valence-corrected chi connectivity index (χ4v) is 44.6. The number of carbonyl (C=O) groups excluding carboxylic acids is 2. The lowest BCUT2D eigenvalue weighted by atomic mass is 9.90.